The first-order valence-electron chi connectivity index (χ1n) is 6.65. The number of hydrogen-bond donors (Lipinski definition) is 2. The van der Waals surface area contributed by atoms with Crippen molar-refractivity contribution in [3.8, 4) is 0 Å². The van der Waals surface area contributed by atoms with Gasteiger partial charge in [0.25, 0.3) is 0 Å². The van der Waals surface area contributed by atoms with Gasteiger partial charge in [-0.3, -0.25) is 0 Å². The fourth-order valence-electron chi connectivity index (χ4n) is 3.09. The molecule has 15 heavy (non-hydrogen) atoms. The highest BCUT2D eigenvalue weighted by Crippen LogP contribution is 2.37. The van der Waals surface area contributed by atoms with Crippen LogP contribution in [0.4, 0.5) is 0 Å². The van der Waals surface area contributed by atoms with Crippen LogP contribution in [0.15, 0.2) is 0 Å². The minimum Gasteiger partial charge on any atom is -0.313 e. The van der Waals surface area contributed by atoms with Crippen molar-refractivity contribution >= 4 is 0 Å². The fraction of sp³-hybridized carbons (Fsp3) is 1.00. The van der Waals surface area contributed by atoms with Gasteiger partial charge in [-0.05, 0) is 37.6 Å². The molecule has 1 saturated heterocycles. The van der Waals surface area contributed by atoms with Crippen LogP contribution in [0.25, 0.3) is 0 Å². The van der Waals surface area contributed by atoms with Gasteiger partial charge < -0.3 is 10.6 Å². The van der Waals surface area contributed by atoms with E-state index < -0.39 is 0 Å². The molecule has 0 aromatic heterocycles. The molecule has 2 N–H and O–H groups in total. The first-order valence-corrected chi connectivity index (χ1v) is 6.65. The van der Waals surface area contributed by atoms with Gasteiger partial charge in [0.15, 0.2) is 0 Å². The maximum Gasteiger partial charge on any atom is 0.0192 e. The lowest BCUT2D eigenvalue weighted by Gasteiger charge is -2.31. The van der Waals surface area contributed by atoms with E-state index in [1.807, 2.05) is 0 Å². The molecule has 1 aliphatic carbocycles. The number of rotatable bonds is 3. The van der Waals surface area contributed by atoms with Crippen LogP contribution < -0.4 is 10.6 Å². The van der Waals surface area contributed by atoms with Crippen molar-refractivity contribution in [2.75, 3.05) is 13.1 Å². The van der Waals surface area contributed by atoms with Crippen molar-refractivity contribution in [3.63, 3.8) is 0 Å². The van der Waals surface area contributed by atoms with Crippen LogP contribution in [0.2, 0.25) is 0 Å². The Morgan fingerprint density at radius 1 is 1.20 bits per heavy atom. The van der Waals surface area contributed by atoms with Gasteiger partial charge in [0.05, 0.1) is 0 Å². The van der Waals surface area contributed by atoms with E-state index in [2.05, 4.69) is 24.5 Å². The molecule has 0 amide bonds. The molecule has 1 aliphatic heterocycles. The van der Waals surface area contributed by atoms with E-state index in [1.54, 1.807) is 0 Å². The summed E-state index contributed by atoms with van der Waals surface area (Å²) in [4.78, 5) is 0. The lowest BCUT2D eigenvalue weighted by atomic mass is 9.87. The van der Waals surface area contributed by atoms with Crippen molar-refractivity contribution < 1.29 is 0 Å². The van der Waals surface area contributed by atoms with Gasteiger partial charge in [0, 0.05) is 18.6 Å². The van der Waals surface area contributed by atoms with Gasteiger partial charge in [0.1, 0.15) is 0 Å². The lowest BCUT2D eigenvalue weighted by Crippen LogP contribution is -2.47. The van der Waals surface area contributed by atoms with Gasteiger partial charge in [-0.25, -0.2) is 0 Å². The van der Waals surface area contributed by atoms with Gasteiger partial charge in [-0.15, -0.1) is 0 Å². The zero-order valence-corrected chi connectivity index (χ0v) is 10.3. The van der Waals surface area contributed by atoms with Crippen molar-refractivity contribution in [1.29, 1.82) is 0 Å². The molecule has 0 bridgehead atoms. The minimum atomic E-state index is 0.522. The van der Waals surface area contributed by atoms with E-state index in [0.29, 0.717) is 5.41 Å². The van der Waals surface area contributed by atoms with Crippen molar-refractivity contribution in [2.24, 2.45) is 5.41 Å². The first kappa shape index (κ1) is 11.4. The summed E-state index contributed by atoms with van der Waals surface area (Å²) in [5, 5.41) is 7.39. The van der Waals surface area contributed by atoms with Gasteiger partial charge in [0.2, 0.25) is 0 Å². The Morgan fingerprint density at radius 3 is 2.67 bits per heavy atom. The van der Waals surface area contributed by atoms with Gasteiger partial charge in [-0.1, -0.05) is 26.7 Å². The largest absolute Gasteiger partial charge is 0.313 e. The zero-order chi connectivity index (χ0) is 10.7. The predicted molar refractivity (Wildman–Crippen MR) is 65.1 cm³/mol. The summed E-state index contributed by atoms with van der Waals surface area (Å²) in [6.45, 7) is 7.21. The van der Waals surface area contributed by atoms with E-state index in [4.69, 9.17) is 0 Å². The van der Waals surface area contributed by atoms with E-state index in [9.17, 15) is 0 Å². The third-order valence-electron chi connectivity index (χ3n) is 4.28. The Bertz CT molecular complexity index is 195. The Labute approximate surface area is 94.2 Å². The molecule has 2 nitrogen and oxygen atoms in total. The summed E-state index contributed by atoms with van der Waals surface area (Å²) in [7, 11) is 0. The van der Waals surface area contributed by atoms with Crippen LogP contribution in [-0.4, -0.2) is 25.2 Å². The minimum absolute atomic E-state index is 0.522. The molecular formula is C13H26N2. The molecule has 1 heterocycles. The standard InChI is InChI=1S/C13H26N2/c1-13(2)8-5-7-12(13)15-10-11-6-3-4-9-14-11/h11-12,14-15H,3-10H2,1-2H3. The molecule has 1 saturated carbocycles. The maximum atomic E-state index is 3.78. The summed E-state index contributed by atoms with van der Waals surface area (Å²) in [6.07, 6.45) is 8.31. The second-order valence-electron chi connectivity index (χ2n) is 5.99. The third-order valence-corrected chi connectivity index (χ3v) is 4.28. The molecule has 2 aliphatic rings. The molecule has 2 unspecified atom stereocenters. The second-order valence-corrected chi connectivity index (χ2v) is 5.99. The Kier molecular flexibility index (Phi) is 3.68. The average molecular weight is 210 g/mol. The van der Waals surface area contributed by atoms with E-state index >= 15 is 0 Å². The summed E-state index contributed by atoms with van der Waals surface area (Å²) in [5.74, 6) is 0. The summed E-state index contributed by atoms with van der Waals surface area (Å²) in [5.41, 5.74) is 0.522. The smallest absolute Gasteiger partial charge is 0.0192 e. The van der Waals surface area contributed by atoms with Crippen LogP contribution >= 0.6 is 0 Å². The molecule has 0 spiro atoms. The second kappa shape index (κ2) is 4.84. The van der Waals surface area contributed by atoms with Crippen LogP contribution in [0.3, 0.4) is 0 Å². The maximum absolute atomic E-state index is 3.78. The quantitative estimate of drug-likeness (QED) is 0.747. The van der Waals surface area contributed by atoms with E-state index in [-0.39, 0.29) is 0 Å². The number of piperidine rings is 1. The van der Waals surface area contributed by atoms with Gasteiger partial charge >= 0.3 is 0 Å². The Morgan fingerprint density at radius 2 is 2.07 bits per heavy atom. The summed E-state index contributed by atoms with van der Waals surface area (Å²) < 4.78 is 0. The Balaban J connectivity index is 1.72. The third kappa shape index (κ3) is 2.94. The molecule has 2 heteroatoms. The van der Waals surface area contributed by atoms with Gasteiger partial charge in [-0.2, -0.15) is 0 Å². The van der Waals surface area contributed by atoms with Crippen molar-refractivity contribution in [3.05, 3.63) is 0 Å². The highest BCUT2D eigenvalue weighted by atomic mass is 15.0. The first-order chi connectivity index (χ1) is 7.18. The average Bonchev–Trinajstić information content (AvgIpc) is 2.56. The molecule has 0 aromatic carbocycles. The molecule has 2 fully saturated rings. The molecule has 0 aromatic rings. The fourth-order valence-corrected chi connectivity index (χ4v) is 3.09. The molecule has 2 rings (SSSR count). The number of nitrogens with one attached hydrogen (secondary N) is 2. The highest BCUT2D eigenvalue weighted by Gasteiger charge is 2.34. The Hall–Kier alpha value is -0.0800. The predicted octanol–water partition coefficient (Wildman–Crippen LogP) is 2.30. The van der Waals surface area contributed by atoms with E-state index in [0.717, 1.165) is 12.1 Å². The molecule has 2 atom stereocenters. The summed E-state index contributed by atoms with van der Waals surface area (Å²) in [6, 6.07) is 1.48. The molecular weight excluding hydrogens is 184 g/mol. The van der Waals surface area contributed by atoms with Crippen molar-refractivity contribution in [1.82, 2.24) is 10.6 Å². The lowest BCUT2D eigenvalue weighted by molar-refractivity contribution is 0.266. The van der Waals surface area contributed by atoms with E-state index in [1.165, 1.54) is 51.6 Å². The number of hydrogen-bond acceptors (Lipinski definition) is 2. The van der Waals surface area contributed by atoms with Crippen LogP contribution in [-0.2, 0) is 0 Å². The monoisotopic (exact) mass is 210 g/mol. The zero-order valence-electron chi connectivity index (χ0n) is 10.3. The van der Waals surface area contributed by atoms with Crippen LogP contribution in [0.5, 0.6) is 0 Å². The van der Waals surface area contributed by atoms with Crippen molar-refractivity contribution in [2.45, 2.75) is 64.5 Å². The topological polar surface area (TPSA) is 24.1 Å². The normalized spacial score (nSPS) is 35.6. The molecule has 88 valence electrons. The SMILES string of the molecule is CC1(C)CCCC1NCC1CCCCN1. The summed E-state index contributed by atoms with van der Waals surface area (Å²) >= 11 is 0. The molecule has 0 radical (unpaired) electrons. The van der Waals surface area contributed by atoms with Crippen LogP contribution in [0.1, 0.15) is 52.4 Å². The van der Waals surface area contributed by atoms with Crippen LogP contribution in [0, 0.1) is 5.41 Å². The highest BCUT2D eigenvalue weighted by molar-refractivity contribution is 4.91.